The highest BCUT2D eigenvalue weighted by atomic mass is 35.5. The Morgan fingerprint density at radius 3 is 2.88 bits per heavy atom. The molecule has 0 radical (unpaired) electrons. The third-order valence-electron chi connectivity index (χ3n) is 2.17. The maximum absolute atomic E-state index is 13.3. The van der Waals surface area contributed by atoms with Gasteiger partial charge >= 0.3 is 0 Å². The zero-order chi connectivity index (χ0) is 12.7. The largest absolute Gasteiger partial charge is 0.492 e. The van der Waals surface area contributed by atoms with E-state index in [1.165, 1.54) is 12.1 Å². The Morgan fingerprint density at radius 2 is 2.24 bits per heavy atom. The lowest BCUT2D eigenvalue weighted by Gasteiger charge is -2.08. The minimum Gasteiger partial charge on any atom is -0.492 e. The fourth-order valence-corrected chi connectivity index (χ4v) is 1.60. The van der Waals surface area contributed by atoms with Crippen molar-refractivity contribution in [3.63, 3.8) is 0 Å². The summed E-state index contributed by atoms with van der Waals surface area (Å²) in [5.41, 5.74) is 0.0925. The number of ether oxygens (including phenoxy) is 1. The highest BCUT2D eigenvalue weighted by Gasteiger charge is 2.08. The van der Waals surface area contributed by atoms with E-state index in [2.05, 4.69) is 29.3 Å². The summed E-state index contributed by atoms with van der Waals surface area (Å²) in [5.74, 6) is -0.110. The summed E-state index contributed by atoms with van der Waals surface area (Å²) in [6, 6.07) is 2.60. The predicted octanol–water partition coefficient (Wildman–Crippen LogP) is 4.78. The third kappa shape index (κ3) is 4.43. The van der Waals surface area contributed by atoms with Crippen molar-refractivity contribution in [1.82, 2.24) is 0 Å². The van der Waals surface area contributed by atoms with Crippen LogP contribution in [-0.2, 0) is 0 Å². The van der Waals surface area contributed by atoms with E-state index in [-0.39, 0.29) is 10.7 Å². The normalized spacial score (nSPS) is 9.82. The van der Waals surface area contributed by atoms with Gasteiger partial charge in [0.05, 0.1) is 16.8 Å². The van der Waals surface area contributed by atoms with Crippen LogP contribution in [0.5, 0.6) is 5.75 Å². The molecule has 0 fully saturated rings. The highest BCUT2D eigenvalue weighted by molar-refractivity contribution is 7.78. The van der Waals surface area contributed by atoms with Crippen LogP contribution in [0, 0.1) is 5.82 Å². The number of thiocarbonyl (C=S) groups is 1. The lowest BCUT2D eigenvalue weighted by molar-refractivity contribution is 0.306. The Kier molecular flexibility index (Phi) is 6.12. The van der Waals surface area contributed by atoms with Crippen molar-refractivity contribution in [2.45, 2.75) is 26.2 Å². The fraction of sp³-hybridized carbons (Fsp3) is 0.417. The molecule has 1 aromatic rings. The quantitative estimate of drug-likeness (QED) is 0.422. The zero-order valence-corrected chi connectivity index (χ0v) is 11.1. The van der Waals surface area contributed by atoms with Crippen LogP contribution in [0.2, 0.25) is 5.02 Å². The van der Waals surface area contributed by atoms with Gasteiger partial charge in [0.15, 0.2) is 5.82 Å². The first-order chi connectivity index (χ1) is 8.19. The minimum atomic E-state index is -0.534. The van der Waals surface area contributed by atoms with Gasteiger partial charge in [0.1, 0.15) is 11.4 Å². The summed E-state index contributed by atoms with van der Waals surface area (Å²) in [6.07, 6.45) is 3.14. The number of unbranched alkanes of at least 4 members (excludes halogenated alkanes) is 2. The molecule has 0 unspecified atom stereocenters. The first-order valence-corrected chi connectivity index (χ1v) is 6.17. The van der Waals surface area contributed by atoms with Crippen molar-refractivity contribution < 1.29 is 9.13 Å². The molecular weight excluding hydrogens is 261 g/mol. The average Bonchev–Trinajstić information content (AvgIpc) is 2.30. The summed E-state index contributed by atoms with van der Waals surface area (Å²) in [5, 5.41) is 2.36. The van der Waals surface area contributed by atoms with E-state index in [1.54, 1.807) is 0 Å². The van der Waals surface area contributed by atoms with E-state index < -0.39 is 5.82 Å². The predicted molar refractivity (Wildman–Crippen MR) is 71.1 cm³/mol. The van der Waals surface area contributed by atoms with Crippen LogP contribution in [0.1, 0.15) is 26.2 Å². The lowest BCUT2D eigenvalue weighted by atomic mass is 10.2. The smallest absolute Gasteiger partial charge is 0.151 e. The molecule has 0 aromatic heterocycles. The minimum absolute atomic E-state index is 0.0925. The second kappa shape index (κ2) is 7.38. The molecule has 0 aliphatic carbocycles. The Hall–Kier alpha value is -0.960. The van der Waals surface area contributed by atoms with Gasteiger partial charge in [-0.05, 0) is 24.7 Å². The van der Waals surface area contributed by atoms with E-state index in [1.807, 2.05) is 0 Å². The summed E-state index contributed by atoms with van der Waals surface area (Å²) in [6.45, 7) is 2.66. The summed E-state index contributed by atoms with van der Waals surface area (Å²) < 4.78 is 18.8. The average molecular weight is 274 g/mol. The molecule has 0 aliphatic heterocycles. The Morgan fingerprint density at radius 1 is 1.47 bits per heavy atom. The van der Waals surface area contributed by atoms with Crippen molar-refractivity contribution in [3.05, 3.63) is 23.0 Å². The van der Waals surface area contributed by atoms with Gasteiger partial charge in [0.25, 0.3) is 0 Å². The monoisotopic (exact) mass is 273 g/mol. The van der Waals surface area contributed by atoms with E-state index >= 15 is 0 Å². The van der Waals surface area contributed by atoms with Crippen molar-refractivity contribution in [1.29, 1.82) is 0 Å². The standard InChI is InChI=1S/C12H13ClFNOS/c1-2-3-4-5-16-12-7-11(15-8-17)10(14)6-9(12)13/h6-7H,2-5H2,1H3. The number of isothiocyanates is 1. The van der Waals surface area contributed by atoms with Crippen LogP contribution < -0.4 is 4.74 Å². The van der Waals surface area contributed by atoms with Gasteiger partial charge in [-0.3, -0.25) is 0 Å². The molecule has 5 heteroatoms. The zero-order valence-electron chi connectivity index (χ0n) is 9.50. The molecule has 0 amide bonds. The van der Waals surface area contributed by atoms with Gasteiger partial charge in [0.2, 0.25) is 0 Å². The number of halogens is 2. The van der Waals surface area contributed by atoms with Gasteiger partial charge < -0.3 is 4.74 Å². The number of nitrogens with zero attached hydrogens (tertiary/aromatic N) is 1. The van der Waals surface area contributed by atoms with Gasteiger partial charge in [-0.15, -0.1) is 0 Å². The maximum atomic E-state index is 13.3. The summed E-state index contributed by atoms with van der Waals surface area (Å²) in [4.78, 5) is 3.60. The lowest BCUT2D eigenvalue weighted by Crippen LogP contribution is -1.98. The van der Waals surface area contributed by atoms with Crippen molar-refractivity contribution in [2.24, 2.45) is 4.99 Å². The molecule has 92 valence electrons. The highest BCUT2D eigenvalue weighted by Crippen LogP contribution is 2.31. The molecule has 0 saturated heterocycles. The van der Waals surface area contributed by atoms with Crippen LogP contribution in [0.4, 0.5) is 10.1 Å². The Bertz CT molecular complexity index is 433. The van der Waals surface area contributed by atoms with E-state index in [0.717, 1.165) is 19.3 Å². The van der Waals surface area contributed by atoms with E-state index in [0.29, 0.717) is 12.4 Å². The first kappa shape index (κ1) is 14.1. The van der Waals surface area contributed by atoms with Gasteiger partial charge in [-0.25, -0.2) is 4.39 Å². The van der Waals surface area contributed by atoms with Crippen molar-refractivity contribution in [3.8, 4) is 5.75 Å². The number of aliphatic imine (C=N–C) groups is 1. The molecule has 0 aliphatic rings. The van der Waals surface area contributed by atoms with Gasteiger partial charge in [-0.2, -0.15) is 4.99 Å². The molecule has 0 spiro atoms. The van der Waals surface area contributed by atoms with E-state index in [9.17, 15) is 4.39 Å². The number of hydrogen-bond donors (Lipinski definition) is 0. The molecule has 0 N–H and O–H groups in total. The van der Waals surface area contributed by atoms with Crippen LogP contribution >= 0.6 is 23.8 Å². The van der Waals surface area contributed by atoms with E-state index in [4.69, 9.17) is 16.3 Å². The number of benzene rings is 1. The van der Waals surface area contributed by atoms with Crippen LogP contribution in [0.25, 0.3) is 0 Å². The SMILES string of the molecule is CCCCCOc1cc(N=C=S)c(F)cc1Cl. The number of rotatable bonds is 6. The molecule has 2 nitrogen and oxygen atoms in total. The molecule has 1 rings (SSSR count). The van der Waals surface area contributed by atoms with Crippen molar-refractivity contribution in [2.75, 3.05) is 6.61 Å². The van der Waals surface area contributed by atoms with Gasteiger partial charge in [-0.1, -0.05) is 31.4 Å². The topological polar surface area (TPSA) is 21.6 Å². The molecule has 17 heavy (non-hydrogen) atoms. The van der Waals surface area contributed by atoms with Crippen LogP contribution in [-0.4, -0.2) is 11.8 Å². The molecule has 0 heterocycles. The Labute approximate surface area is 110 Å². The second-order valence-electron chi connectivity index (χ2n) is 3.49. The fourth-order valence-electron chi connectivity index (χ4n) is 1.30. The summed E-state index contributed by atoms with van der Waals surface area (Å²) >= 11 is 10.3. The first-order valence-electron chi connectivity index (χ1n) is 5.38. The van der Waals surface area contributed by atoms with Crippen LogP contribution in [0.15, 0.2) is 17.1 Å². The molecular formula is C12H13ClFNOS. The third-order valence-corrected chi connectivity index (χ3v) is 2.56. The van der Waals surface area contributed by atoms with Gasteiger partial charge in [0, 0.05) is 6.07 Å². The summed E-state index contributed by atoms with van der Waals surface area (Å²) in [7, 11) is 0. The molecule has 0 bridgehead atoms. The molecule has 1 aromatic carbocycles. The number of hydrogen-bond acceptors (Lipinski definition) is 3. The molecule has 0 saturated carbocycles. The van der Waals surface area contributed by atoms with Crippen molar-refractivity contribution >= 4 is 34.7 Å². The molecule has 0 atom stereocenters. The second-order valence-corrected chi connectivity index (χ2v) is 4.08. The maximum Gasteiger partial charge on any atom is 0.151 e. The van der Waals surface area contributed by atoms with Crippen LogP contribution in [0.3, 0.4) is 0 Å². The Balaban J connectivity index is 2.77.